The minimum Gasteiger partial charge on any atom is -0.336 e. The Hall–Kier alpha value is -6.48. The highest BCUT2D eigenvalue weighted by Gasteiger charge is 2.20. The van der Waals surface area contributed by atoms with Crippen molar-refractivity contribution in [3.05, 3.63) is 185 Å². The largest absolute Gasteiger partial charge is 0.336 e. The summed E-state index contributed by atoms with van der Waals surface area (Å²) in [6.07, 6.45) is 0. The van der Waals surface area contributed by atoms with Crippen LogP contribution in [-0.2, 0) is 13.1 Å². The maximum Gasteiger partial charge on any atom is 0.194 e. The van der Waals surface area contributed by atoms with Crippen LogP contribution in [0.1, 0.15) is 16.7 Å². The van der Waals surface area contributed by atoms with Crippen molar-refractivity contribution in [1.82, 2.24) is 9.13 Å². The number of halogens is 6. The molecule has 0 atom stereocenters. The van der Waals surface area contributed by atoms with Gasteiger partial charge in [-0.15, -0.1) is 0 Å². The number of hydrogen-bond donors (Lipinski definition) is 0. The summed E-state index contributed by atoms with van der Waals surface area (Å²) in [7, 11) is 0. The van der Waals surface area contributed by atoms with Crippen molar-refractivity contribution in [2.75, 3.05) is 4.90 Å². The lowest BCUT2D eigenvalue weighted by Gasteiger charge is -2.26. The molecule has 2 heterocycles. The highest BCUT2D eigenvalue weighted by Crippen LogP contribution is 2.41. The lowest BCUT2D eigenvalue weighted by atomic mass is 10.1. The molecule has 266 valence electrons. The number of fused-ring (bicyclic) bond motifs is 6. The third-order valence-corrected chi connectivity index (χ3v) is 10.1. The Labute approximate surface area is 305 Å². The zero-order valence-corrected chi connectivity index (χ0v) is 28.7. The number of benzene rings is 7. The van der Waals surface area contributed by atoms with Crippen LogP contribution in [0.5, 0.6) is 0 Å². The maximum absolute atomic E-state index is 14.2. The van der Waals surface area contributed by atoms with Crippen molar-refractivity contribution >= 4 is 60.7 Å². The van der Waals surface area contributed by atoms with E-state index in [9.17, 15) is 26.3 Å². The molecule has 0 unspecified atom stereocenters. The van der Waals surface area contributed by atoms with Crippen LogP contribution in [0.15, 0.2) is 133 Å². The molecule has 0 saturated carbocycles. The van der Waals surface area contributed by atoms with Crippen LogP contribution >= 0.6 is 0 Å². The van der Waals surface area contributed by atoms with Crippen molar-refractivity contribution in [2.45, 2.75) is 20.0 Å². The number of para-hydroxylation sites is 2. The topological polar surface area (TPSA) is 13.1 Å². The lowest BCUT2D eigenvalue weighted by Crippen LogP contribution is -2.10. The van der Waals surface area contributed by atoms with E-state index < -0.39 is 34.9 Å². The van der Waals surface area contributed by atoms with Crippen molar-refractivity contribution in [2.24, 2.45) is 0 Å². The van der Waals surface area contributed by atoms with Gasteiger partial charge in [-0.2, -0.15) is 0 Å². The molecule has 0 saturated heterocycles. The molecular formula is C45H29F6N3. The molecule has 0 bridgehead atoms. The molecule has 9 aromatic rings. The van der Waals surface area contributed by atoms with Crippen LogP contribution in [0, 0.1) is 41.8 Å². The Balaban J connectivity index is 1.21. The average molecular weight is 726 g/mol. The standard InChI is InChI=1S/C45H29F6N3/c1-26-10-12-29(13-11-26)54(30-14-16-42-34(22-30)32-6-2-4-8-40(32)52(42)24-27-18-36(46)44(50)37(47)19-27)31-15-17-43-35(23-31)33-7-3-5-9-41(33)53(43)25-28-20-38(48)45(51)39(49)21-28/h2-23H,24-25H2,1H3. The Morgan fingerprint density at radius 3 is 1.20 bits per heavy atom. The molecule has 7 aromatic carbocycles. The number of aryl methyl sites for hydroxylation is 1. The summed E-state index contributed by atoms with van der Waals surface area (Å²) in [5, 5.41) is 3.71. The molecule has 0 aliphatic carbocycles. The normalized spacial score (nSPS) is 11.8. The second-order valence-corrected chi connectivity index (χ2v) is 13.5. The summed E-state index contributed by atoms with van der Waals surface area (Å²) in [4.78, 5) is 2.14. The van der Waals surface area contributed by atoms with Gasteiger partial charge in [-0.1, -0.05) is 54.1 Å². The first-order valence-electron chi connectivity index (χ1n) is 17.3. The molecule has 0 radical (unpaired) electrons. The second-order valence-electron chi connectivity index (χ2n) is 13.5. The number of hydrogen-bond acceptors (Lipinski definition) is 1. The fourth-order valence-electron chi connectivity index (χ4n) is 7.61. The lowest BCUT2D eigenvalue weighted by molar-refractivity contribution is 0.445. The van der Waals surface area contributed by atoms with Crippen LogP contribution in [0.2, 0.25) is 0 Å². The van der Waals surface area contributed by atoms with E-state index >= 15 is 0 Å². The molecule has 9 heteroatoms. The number of rotatable bonds is 7. The van der Waals surface area contributed by atoms with Crippen molar-refractivity contribution < 1.29 is 26.3 Å². The summed E-state index contributed by atoms with van der Waals surface area (Å²) in [6, 6.07) is 40.0. The second kappa shape index (κ2) is 12.9. The highest BCUT2D eigenvalue weighted by molar-refractivity contribution is 6.11. The molecule has 0 spiro atoms. The third kappa shape index (κ3) is 5.55. The highest BCUT2D eigenvalue weighted by atomic mass is 19.2. The van der Waals surface area contributed by atoms with Gasteiger partial charge >= 0.3 is 0 Å². The van der Waals surface area contributed by atoms with Crippen LogP contribution in [-0.4, -0.2) is 9.13 Å². The SMILES string of the molecule is Cc1ccc(N(c2ccc3c(c2)c2ccccc2n3Cc2cc(F)c(F)c(F)c2)c2ccc3c(c2)c2ccccc2n3Cc2cc(F)c(F)c(F)c2)cc1. The zero-order chi connectivity index (χ0) is 37.2. The number of aromatic nitrogens is 2. The Morgan fingerprint density at radius 2 is 0.778 bits per heavy atom. The van der Waals surface area contributed by atoms with E-state index in [-0.39, 0.29) is 13.1 Å². The number of nitrogens with zero attached hydrogens (tertiary/aromatic N) is 3. The zero-order valence-electron chi connectivity index (χ0n) is 28.7. The summed E-state index contributed by atoms with van der Waals surface area (Å²) in [6.45, 7) is 2.27. The van der Waals surface area contributed by atoms with E-state index in [2.05, 4.69) is 17.0 Å². The minimum atomic E-state index is -1.50. The monoisotopic (exact) mass is 725 g/mol. The van der Waals surface area contributed by atoms with Gasteiger partial charge in [0.05, 0.1) is 0 Å². The molecule has 3 nitrogen and oxygen atoms in total. The van der Waals surface area contributed by atoms with E-state index in [1.807, 2.05) is 113 Å². The molecule has 9 rings (SSSR count). The molecule has 54 heavy (non-hydrogen) atoms. The Bertz CT molecular complexity index is 2700. The van der Waals surface area contributed by atoms with E-state index in [0.29, 0.717) is 11.1 Å². The fraction of sp³-hybridized carbons (Fsp3) is 0.0667. The van der Waals surface area contributed by atoms with Crippen molar-refractivity contribution in [1.29, 1.82) is 0 Å². The van der Waals surface area contributed by atoms with Crippen LogP contribution in [0.3, 0.4) is 0 Å². The summed E-state index contributed by atoms with van der Waals surface area (Å²) in [5.41, 5.74) is 7.67. The van der Waals surface area contributed by atoms with Crippen LogP contribution < -0.4 is 4.90 Å². The van der Waals surface area contributed by atoms with Gasteiger partial charge in [-0.3, -0.25) is 0 Å². The molecule has 0 fully saturated rings. The van der Waals surface area contributed by atoms with E-state index in [4.69, 9.17) is 0 Å². The summed E-state index contributed by atoms with van der Waals surface area (Å²) in [5.74, 6) is -7.94. The predicted octanol–water partition coefficient (Wildman–Crippen LogP) is 12.6. The molecule has 0 amide bonds. The van der Waals surface area contributed by atoms with E-state index in [1.54, 1.807) is 0 Å². The number of anilines is 3. The fourth-order valence-corrected chi connectivity index (χ4v) is 7.61. The Kier molecular flexibility index (Phi) is 7.96. The van der Waals surface area contributed by atoms with Gasteiger partial charge < -0.3 is 14.0 Å². The smallest absolute Gasteiger partial charge is 0.194 e. The summed E-state index contributed by atoms with van der Waals surface area (Å²) >= 11 is 0. The average Bonchev–Trinajstić information content (AvgIpc) is 3.65. The van der Waals surface area contributed by atoms with Crippen molar-refractivity contribution in [3.63, 3.8) is 0 Å². The van der Waals surface area contributed by atoms with Gasteiger partial charge in [0.2, 0.25) is 0 Å². The van der Waals surface area contributed by atoms with Crippen LogP contribution in [0.25, 0.3) is 43.6 Å². The molecule has 0 aliphatic rings. The van der Waals surface area contributed by atoms with Gasteiger partial charge in [0.1, 0.15) is 0 Å². The van der Waals surface area contributed by atoms with Gasteiger partial charge in [-0.05, 0) is 103 Å². The third-order valence-electron chi connectivity index (χ3n) is 10.1. The van der Waals surface area contributed by atoms with Crippen molar-refractivity contribution in [3.8, 4) is 0 Å². The molecule has 0 aliphatic heterocycles. The quantitative estimate of drug-likeness (QED) is 0.118. The summed E-state index contributed by atoms with van der Waals surface area (Å²) < 4.78 is 88.5. The van der Waals surface area contributed by atoms with E-state index in [0.717, 1.165) is 90.5 Å². The first-order chi connectivity index (χ1) is 26.1. The van der Waals surface area contributed by atoms with Gasteiger partial charge in [-0.25, -0.2) is 26.3 Å². The van der Waals surface area contributed by atoms with E-state index in [1.165, 1.54) is 0 Å². The maximum atomic E-state index is 14.2. The molecular weight excluding hydrogens is 697 g/mol. The Morgan fingerprint density at radius 1 is 0.407 bits per heavy atom. The molecule has 2 aromatic heterocycles. The predicted molar refractivity (Wildman–Crippen MR) is 203 cm³/mol. The molecule has 0 N–H and O–H groups in total. The first kappa shape index (κ1) is 33.4. The van der Waals surface area contributed by atoms with Gasteiger partial charge in [0, 0.05) is 73.8 Å². The van der Waals surface area contributed by atoms with Gasteiger partial charge in [0.25, 0.3) is 0 Å². The minimum absolute atomic E-state index is 0.122. The van der Waals surface area contributed by atoms with Crippen LogP contribution in [0.4, 0.5) is 43.4 Å². The first-order valence-corrected chi connectivity index (χ1v) is 17.3. The van der Waals surface area contributed by atoms with Gasteiger partial charge in [0.15, 0.2) is 34.9 Å².